The Bertz CT molecular complexity index is 1100. The first-order chi connectivity index (χ1) is 16.5. The number of rotatable bonds is 11. The molecule has 0 aliphatic carbocycles. The standard InChI is InChI=1S/C27H29N3O4/c1-2-17-34-27(33)21-12-14-22(15-13-21)28-19-26(32)30-24-10-6-9-23(18-24)29-25(31)16-11-20-7-4-3-5-8-20/h3-10,12-15,18,28H,2,11,16-17,19H2,1H3,(H,29,31)(H,30,32). The predicted octanol–water partition coefficient (Wildman–Crippen LogP) is 4.88. The molecule has 176 valence electrons. The lowest BCUT2D eigenvalue weighted by Gasteiger charge is -2.10. The fourth-order valence-electron chi connectivity index (χ4n) is 3.19. The van der Waals surface area contributed by atoms with Gasteiger partial charge < -0.3 is 20.7 Å². The molecule has 2 amide bonds. The van der Waals surface area contributed by atoms with Crippen LogP contribution in [0.3, 0.4) is 0 Å². The molecule has 0 radical (unpaired) electrons. The topological polar surface area (TPSA) is 96.5 Å². The average molecular weight is 460 g/mol. The molecule has 3 N–H and O–H groups in total. The molecule has 0 aromatic heterocycles. The van der Waals surface area contributed by atoms with Crippen LogP contribution in [0.5, 0.6) is 0 Å². The Kier molecular flexibility index (Phi) is 9.22. The summed E-state index contributed by atoms with van der Waals surface area (Å²) in [5.74, 6) is -0.687. The summed E-state index contributed by atoms with van der Waals surface area (Å²) < 4.78 is 5.10. The molecule has 0 spiro atoms. The van der Waals surface area contributed by atoms with E-state index < -0.39 is 0 Å². The van der Waals surface area contributed by atoms with Crippen LogP contribution >= 0.6 is 0 Å². The van der Waals surface area contributed by atoms with Crippen molar-refractivity contribution in [2.24, 2.45) is 0 Å². The smallest absolute Gasteiger partial charge is 0.338 e. The van der Waals surface area contributed by atoms with Crippen molar-refractivity contribution in [1.29, 1.82) is 0 Å². The Morgan fingerprint density at radius 3 is 2.12 bits per heavy atom. The summed E-state index contributed by atoms with van der Waals surface area (Å²) in [6, 6.07) is 23.6. The highest BCUT2D eigenvalue weighted by molar-refractivity contribution is 5.96. The number of amides is 2. The summed E-state index contributed by atoms with van der Waals surface area (Å²) in [4.78, 5) is 36.4. The highest BCUT2D eigenvalue weighted by atomic mass is 16.5. The van der Waals surface area contributed by atoms with Crippen molar-refractivity contribution >= 4 is 34.8 Å². The molecule has 0 heterocycles. The lowest BCUT2D eigenvalue weighted by Crippen LogP contribution is -2.22. The Morgan fingerprint density at radius 1 is 0.765 bits per heavy atom. The van der Waals surface area contributed by atoms with Crippen molar-refractivity contribution in [2.45, 2.75) is 26.2 Å². The van der Waals surface area contributed by atoms with E-state index in [0.717, 1.165) is 12.0 Å². The third-order valence-electron chi connectivity index (χ3n) is 4.92. The van der Waals surface area contributed by atoms with Crippen LogP contribution in [0.15, 0.2) is 78.9 Å². The molecule has 0 aliphatic rings. The highest BCUT2D eigenvalue weighted by Crippen LogP contribution is 2.16. The van der Waals surface area contributed by atoms with Crippen LogP contribution in [0.4, 0.5) is 17.1 Å². The van der Waals surface area contributed by atoms with Gasteiger partial charge in [0.2, 0.25) is 11.8 Å². The number of carbonyl (C=O) groups excluding carboxylic acids is 3. The Morgan fingerprint density at radius 2 is 1.44 bits per heavy atom. The van der Waals surface area contributed by atoms with Crippen molar-refractivity contribution in [2.75, 3.05) is 29.1 Å². The molecule has 0 fully saturated rings. The van der Waals surface area contributed by atoms with E-state index in [9.17, 15) is 14.4 Å². The molecular weight excluding hydrogens is 430 g/mol. The molecule has 7 heteroatoms. The normalized spacial score (nSPS) is 10.3. The second-order valence-electron chi connectivity index (χ2n) is 7.73. The van der Waals surface area contributed by atoms with E-state index in [1.165, 1.54) is 0 Å². The minimum Gasteiger partial charge on any atom is -0.462 e. The van der Waals surface area contributed by atoms with E-state index in [-0.39, 0.29) is 24.3 Å². The maximum absolute atomic E-state index is 12.3. The average Bonchev–Trinajstić information content (AvgIpc) is 2.86. The van der Waals surface area contributed by atoms with Crippen molar-refractivity contribution in [3.05, 3.63) is 90.0 Å². The van der Waals surface area contributed by atoms with Crippen LogP contribution in [0.25, 0.3) is 0 Å². The van der Waals surface area contributed by atoms with Gasteiger partial charge in [-0.05, 0) is 60.9 Å². The summed E-state index contributed by atoms with van der Waals surface area (Å²) >= 11 is 0. The molecule has 0 unspecified atom stereocenters. The Hall–Kier alpha value is -4.13. The van der Waals surface area contributed by atoms with Crippen LogP contribution in [-0.2, 0) is 20.7 Å². The molecule has 34 heavy (non-hydrogen) atoms. The number of anilines is 3. The number of aryl methyl sites for hydroxylation is 1. The number of esters is 1. The van der Waals surface area contributed by atoms with Gasteiger partial charge in [-0.15, -0.1) is 0 Å². The number of ether oxygens (including phenoxy) is 1. The number of carbonyl (C=O) groups is 3. The zero-order chi connectivity index (χ0) is 24.2. The molecule has 7 nitrogen and oxygen atoms in total. The monoisotopic (exact) mass is 459 g/mol. The van der Waals surface area contributed by atoms with Gasteiger partial charge in [0.15, 0.2) is 0 Å². The predicted molar refractivity (Wildman–Crippen MR) is 134 cm³/mol. The van der Waals surface area contributed by atoms with Crippen LogP contribution in [0.2, 0.25) is 0 Å². The molecule has 3 aromatic carbocycles. The first-order valence-corrected chi connectivity index (χ1v) is 11.3. The first kappa shape index (κ1) is 24.5. The van der Waals surface area contributed by atoms with E-state index >= 15 is 0 Å². The van der Waals surface area contributed by atoms with Gasteiger partial charge >= 0.3 is 5.97 Å². The Balaban J connectivity index is 1.44. The van der Waals surface area contributed by atoms with Crippen LogP contribution in [-0.4, -0.2) is 30.9 Å². The molecule has 0 saturated heterocycles. The maximum atomic E-state index is 12.3. The van der Waals surface area contributed by atoms with Gasteiger partial charge in [-0.25, -0.2) is 4.79 Å². The minimum atomic E-state index is -0.363. The molecule has 0 bridgehead atoms. The molecule has 3 aromatic rings. The van der Waals surface area contributed by atoms with Gasteiger partial charge in [0, 0.05) is 23.5 Å². The maximum Gasteiger partial charge on any atom is 0.338 e. The summed E-state index contributed by atoms with van der Waals surface area (Å²) in [5.41, 5.74) is 3.49. The third kappa shape index (κ3) is 8.09. The van der Waals surface area contributed by atoms with Crippen molar-refractivity contribution in [3.63, 3.8) is 0 Å². The molecule has 3 rings (SSSR count). The largest absolute Gasteiger partial charge is 0.462 e. The van der Waals surface area contributed by atoms with E-state index in [1.54, 1.807) is 48.5 Å². The van der Waals surface area contributed by atoms with E-state index in [4.69, 9.17) is 4.74 Å². The zero-order valence-corrected chi connectivity index (χ0v) is 19.2. The number of hydrogen-bond donors (Lipinski definition) is 3. The molecule has 0 saturated carbocycles. The van der Waals surface area contributed by atoms with Crippen molar-refractivity contribution in [1.82, 2.24) is 0 Å². The second-order valence-corrected chi connectivity index (χ2v) is 7.73. The van der Waals surface area contributed by atoms with Crippen LogP contribution in [0.1, 0.15) is 35.7 Å². The van der Waals surface area contributed by atoms with E-state index in [1.807, 2.05) is 37.3 Å². The fraction of sp³-hybridized carbons (Fsp3) is 0.222. The van der Waals surface area contributed by atoms with Crippen molar-refractivity contribution < 1.29 is 19.1 Å². The molecule has 0 atom stereocenters. The van der Waals surface area contributed by atoms with E-state index in [2.05, 4.69) is 16.0 Å². The quantitative estimate of drug-likeness (QED) is 0.355. The lowest BCUT2D eigenvalue weighted by atomic mass is 10.1. The third-order valence-corrected chi connectivity index (χ3v) is 4.92. The number of hydrogen-bond acceptors (Lipinski definition) is 5. The summed E-state index contributed by atoms with van der Waals surface area (Å²) in [6.45, 7) is 2.37. The second kappa shape index (κ2) is 12.8. The summed E-state index contributed by atoms with van der Waals surface area (Å²) in [7, 11) is 0. The van der Waals surface area contributed by atoms with Gasteiger partial charge in [0.25, 0.3) is 0 Å². The number of nitrogens with one attached hydrogen (secondary N) is 3. The van der Waals surface area contributed by atoms with Crippen LogP contribution in [0, 0.1) is 0 Å². The highest BCUT2D eigenvalue weighted by Gasteiger charge is 2.08. The van der Waals surface area contributed by atoms with Gasteiger partial charge in [0.1, 0.15) is 0 Å². The molecular formula is C27H29N3O4. The van der Waals surface area contributed by atoms with Gasteiger partial charge in [-0.1, -0.05) is 43.3 Å². The number of benzene rings is 3. The van der Waals surface area contributed by atoms with Gasteiger partial charge in [-0.2, -0.15) is 0 Å². The summed E-state index contributed by atoms with van der Waals surface area (Å²) in [5, 5.41) is 8.70. The van der Waals surface area contributed by atoms with E-state index in [0.29, 0.717) is 42.1 Å². The SMILES string of the molecule is CCCOC(=O)c1ccc(NCC(=O)Nc2cccc(NC(=O)CCc3ccccc3)c2)cc1. The summed E-state index contributed by atoms with van der Waals surface area (Å²) in [6.07, 6.45) is 1.80. The fourth-order valence-corrected chi connectivity index (χ4v) is 3.19. The van der Waals surface area contributed by atoms with Gasteiger partial charge in [-0.3, -0.25) is 9.59 Å². The lowest BCUT2D eigenvalue weighted by molar-refractivity contribution is -0.116. The van der Waals surface area contributed by atoms with Crippen LogP contribution < -0.4 is 16.0 Å². The van der Waals surface area contributed by atoms with Crippen molar-refractivity contribution in [3.8, 4) is 0 Å². The zero-order valence-electron chi connectivity index (χ0n) is 19.2. The molecule has 0 aliphatic heterocycles. The first-order valence-electron chi connectivity index (χ1n) is 11.3. The minimum absolute atomic E-state index is 0.0489. The van der Waals surface area contributed by atoms with Gasteiger partial charge in [0.05, 0.1) is 18.7 Å². The Labute approximate surface area is 199 Å².